The molecule has 1 aromatic carbocycles. The maximum absolute atomic E-state index is 5.68. The Morgan fingerprint density at radius 3 is 3.00 bits per heavy atom. The minimum atomic E-state index is 0.368. The van der Waals surface area contributed by atoms with Crippen molar-refractivity contribution in [2.45, 2.75) is 19.5 Å². The zero-order chi connectivity index (χ0) is 17.2. The Bertz CT molecular complexity index is 893. The van der Waals surface area contributed by atoms with Crippen molar-refractivity contribution in [3.63, 3.8) is 0 Å². The molecule has 25 heavy (non-hydrogen) atoms. The Balaban J connectivity index is 1.49. The van der Waals surface area contributed by atoms with Crippen LogP contribution < -0.4 is 10.5 Å². The predicted molar refractivity (Wildman–Crippen MR) is 101 cm³/mol. The number of anilines is 1. The maximum atomic E-state index is 5.68. The number of fused-ring (bicyclic) bond motifs is 1. The summed E-state index contributed by atoms with van der Waals surface area (Å²) in [6, 6.07) is 12.5. The lowest BCUT2D eigenvalue weighted by Gasteiger charge is -2.27. The molecule has 0 radical (unpaired) electrons. The molecular formula is C19H20N4OS. The van der Waals surface area contributed by atoms with Crippen molar-refractivity contribution in [2.24, 2.45) is 0 Å². The van der Waals surface area contributed by atoms with Crippen LogP contribution in [0.25, 0.3) is 10.4 Å². The van der Waals surface area contributed by atoms with Gasteiger partial charge < -0.3 is 10.5 Å². The van der Waals surface area contributed by atoms with E-state index in [1.165, 1.54) is 15.3 Å². The zero-order valence-electron chi connectivity index (χ0n) is 14.1. The molecular weight excluding hydrogens is 332 g/mol. The van der Waals surface area contributed by atoms with Crippen LogP contribution in [0.1, 0.15) is 16.1 Å². The fraction of sp³-hybridized carbons (Fsp3) is 0.263. The Labute approximate surface area is 151 Å². The van der Waals surface area contributed by atoms with Gasteiger partial charge in [-0.15, -0.1) is 11.3 Å². The number of nitrogens with two attached hydrogens (primary N) is 1. The van der Waals surface area contributed by atoms with Gasteiger partial charge in [-0.3, -0.25) is 4.90 Å². The summed E-state index contributed by atoms with van der Waals surface area (Å²) in [5, 5.41) is 0. The largest absolute Gasteiger partial charge is 0.496 e. The number of rotatable bonds is 4. The average molecular weight is 352 g/mol. The monoisotopic (exact) mass is 352 g/mol. The van der Waals surface area contributed by atoms with E-state index in [1.807, 2.05) is 35.7 Å². The SMILES string of the molecule is COc1ccccc1-c1ccc(CN2CCc3nc(N)ncc3C2)s1. The van der Waals surface area contributed by atoms with E-state index in [9.17, 15) is 0 Å². The summed E-state index contributed by atoms with van der Waals surface area (Å²) in [6.45, 7) is 2.80. The van der Waals surface area contributed by atoms with Crippen LogP contribution in [0.2, 0.25) is 0 Å². The number of nitrogen functional groups attached to an aromatic ring is 1. The van der Waals surface area contributed by atoms with Crippen LogP contribution in [0, 0.1) is 0 Å². The van der Waals surface area contributed by atoms with E-state index < -0.39 is 0 Å². The molecule has 0 amide bonds. The van der Waals surface area contributed by atoms with Gasteiger partial charge in [-0.2, -0.15) is 0 Å². The summed E-state index contributed by atoms with van der Waals surface area (Å²) in [6.07, 6.45) is 2.78. The fourth-order valence-corrected chi connectivity index (χ4v) is 4.28. The number of aromatic nitrogens is 2. The van der Waals surface area contributed by atoms with Gasteiger partial charge >= 0.3 is 0 Å². The van der Waals surface area contributed by atoms with Gasteiger partial charge in [0.2, 0.25) is 5.95 Å². The molecule has 0 aliphatic carbocycles. The zero-order valence-corrected chi connectivity index (χ0v) is 14.9. The van der Waals surface area contributed by atoms with Crippen LogP contribution in [0.4, 0.5) is 5.95 Å². The molecule has 4 rings (SSSR count). The molecule has 1 aliphatic heterocycles. The first-order chi connectivity index (χ1) is 12.2. The summed E-state index contributed by atoms with van der Waals surface area (Å²) in [4.78, 5) is 13.5. The van der Waals surface area contributed by atoms with Gasteiger partial charge in [-0.1, -0.05) is 12.1 Å². The molecule has 0 unspecified atom stereocenters. The number of benzene rings is 1. The van der Waals surface area contributed by atoms with E-state index in [2.05, 4.69) is 33.1 Å². The first-order valence-corrected chi connectivity index (χ1v) is 9.09. The summed E-state index contributed by atoms with van der Waals surface area (Å²) in [5.41, 5.74) is 9.09. The van der Waals surface area contributed by atoms with Crippen molar-refractivity contribution in [1.82, 2.24) is 14.9 Å². The van der Waals surface area contributed by atoms with Crippen LogP contribution >= 0.6 is 11.3 Å². The highest BCUT2D eigenvalue weighted by atomic mass is 32.1. The highest BCUT2D eigenvalue weighted by Crippen LogP contribution is 2.35. The lowest BCUT2D eigenvalue weighted by atomic mass is 10.1. The Morgan fingerprint density at radius 2 is 2.12 bits per heavy atom. The molecule has 128 valence electrons. The summed E-state index contributed by atoms with van der Waals surface area (Å²) in [5.74, 6) is 1.28. The summed E-state index contributed by atoms with van der Waals surface area (Å²) >= 11 is 1.82. The number of nitrogens with zero attached hydrogens (tertiary/aromatic N) is 3. The van der Waals surface area contributed by atoms with Crippen LogP contribution in [-0.4, -0.2) is 28.5 Å². The van der Waals surface area contributed by atoms with Crippen molar-refractivity contribution in [3.05, 3.63) is 58.7 Å². The van der Waals surface area contributed by atoms with Gasteiger partial charge in [0.1, 0.15) is 5.75 Å². The van der Waals surface area contributed by atoms with Crippen molar-refractivity contribution in [2.75, 3.05) is 19.4 Å². The van der Waals surface area contributed by atoms with Crippen molar-refractivity contribution < 1.29 is 4.74 Å². The number of thiophene rings is 1. The van der Waals surface area contributed by atoms with Crippen molar-refractivity contribution in [3.8, 4) is 16.2 Å². The second-order valence-corrected chi connectivity index (χ2v) is 7.30. The molecule has 2 aromatic heterocycles. The Kier molecular flexibility index (Phi) is 4.38. The number of methoxy groups -OCH3 is 1. The van der Waals surface area contributed by atoms with Crippen molar-refractivity contribution in [1.29, 1.82) is 0 Å². The third-order valence-electron chi connectivity index (χ3n) is 4.45. The molecule has 0 fully saturated rings. The Hall–Kier alpha value is -2.44. The molecule has 6 heteroatoms. The lowest BCUT2D eigenvalue weighted by molar-refractivity contribution is 0.245. The van der Waals surface area contributed by atoms with Gasteiger partial charge in [0.05, 0.1) is 12.8 Å². The highest BCUT2D eigenvalue weighted by molar-refractivity contribution is 7.15. The molecule has 1 aliphatic rings. The highest BCUT2D eigenvalue weighted by Gasteiger charge is 2.19. The van der Waals surface area contributed by atoms with Gasteiger partial charge in [0.25, 0.3) is 0 Å². The number of hydrogen-bond acceptors (Lipinski definition) is 6. The molecule has 0 saturated heterocycles. The predicted octanol–water partition coefficient (Wildman–Crippen LogP) is 3.35. The molecule has 0 atom stereocenters. The molecule has 3 aromatic rings. The van der Waals surface area contributed by atoms with Gasteiger partial charge in [0.15, 0.2) is 0 Å². The minimum absolute atomic E-state index is 0.368. The third-order valence-corrected chi connectivity index (χ3v) is 5.55. The van der Waals surface area contributed by atoms with Crippen molar-refractivity contribution >= 4 is 17.3 Å². The van der Waals surface area contributed by atoms with Crippen LogP contribution in [0.15, 0.2) is 42.6 Å². The second kappa shape index (κ2) is 6.82. The number of hydrogen-bond donors (Lipinski definition) is 1. The smallest absolute Gasteiger partial charge is 0.220 e. The molecule has 2 N–H and O–H groups in total. The first-order valence-electron chi connectivity index (χ1n) is 8.27. The summed E-state index contributed by atoms with van der Waals surface area (Å²) < 4.78 is 5.48. The van der Waals surface area contributed by atoms with Crippen LogP contribution in [0.3, 0.4) is 0 Å². The normalized spacial score (nSPS) is 14.3. The second-order valence-electron chi connectivity index (χ2n) is 6.13. The average Bonchev–Trinajstić information content (AvgIpc) is 3.10. The summed E-state index contributed by atoms with van der Waals surface area (Å²) in [7, 11) is 1.72. The van der Waals surface area contributed by atoms with Gasteiger partial charge in [-0.05, 0) is 24.3 Å². The molecule has 0 spiro atoms. The standard InChI is InChI=1S/C19H20N4OS/c1-24-17-5-3-2-4-15(17)18-7-6-14(25-18)12-23-9-8-16-13(11-23)10-21-19(20)22-16/h2-7,10H,8-9,11-12H2,1H3,(H2,20,21,22). The van der Waals surface area contributed by atoms with E-state index in [1.54, 1.807) is 7.11 Å². The van der Waals surface area contributed by atoms with E-state index in [4.69, 9.17) is 10.5 Å². The molecule has 3 heterocycles. The topological polar surface area (TPSA) is 64.3 Å². The van der Waals surface area contributed by atoms with E-state index >= 15 is 0 Å². The third kappa shape index (κ3) is 3.36. The van der Waals surface area contributed by atoms with Gasteiger partial charge in [-0.25, -0.2) is 9.97 Å². The van der Waals surface area contributed by atoms with E-state index in [0.29, 0.717) is 5.95 Å². The van der Waals surface area contributed by atoms with Crippen LogP contribution in [-0.2, 0) is 19.5 Å². The number of ether oxygens (including phenoxy) is 1. The quantitative estimate of drug-likeness (QED) is 0.780. The van der Waals surface area contributed by atoms with E-state index in [0.717, 1.165) is 43.1 Å². The van der Waals surface area contributed by atoms with Gasteiger partial charge in [0, 0.05) is 53.1 Å². The molecule has 5 nitrogen and oxygen atoms in total. The minimum Gasteiger partial charge on any atom is -0.496 e. The maximum Gasteiger partial charge on any atom is 0.220 e. The fourth-order valence-electron chi connectivity index (χ4n) is 3.20. The Morgan fingerprint density at radius 1 is 1.24 bits per heavy atom. The lowest BCUT2D eigenvalue weighted by Crippen LogP contribution is -2.30. The molecule has 0 saturated carbocycles. The first kappa shape index (κ1) is 16.1. The van der Waals surface area contributed by atoms with E-state index in [-0.39, 0.29) is 0 Å². The number of para-hydroxylation sites is 1. The molecule has 0 bridgehead atoms. The van der Waals surface area contributed by atoms with Crippen LogP contribution in [0.5, 0.6) is 5.75 Å².